The highest BCUT2D eigenvalue weighted by molar-refractivity contribution is 6.12. The normalized spacial score (nSPS) is 13.9. The van der Waals surface area contributed by atoms with Gasteiger partial charge in [0.15, 0.2) is 0 Å². The fourth-order valence-electron chi connectivity index (χ4n) is 0.788. The molecule has 0 aromatic carbocycles. The molecule has 0 aromatic rings. The molecular weight excluding hydrogens is 182 g/mol. The lowest BCUT2D eigenvalue weighted by Gasteiger charge is -2.28. The second-order valence-electron chi connectivity index (χ2n) is 4.35. The van der Waals surface area contributed by atoms with Crippen LogP contribution in [0.15, 0.2) is 0 Å². The predicted octanol–water partition coefficient (Wildman–Crippen LogP) is 0.955. The molecule has 0 aromatic heterocycles. The highest BCUT2D eigenvalue weighted by Crippen LogP contribution is 2.10. The van der Waals surface area contributed by atoms with E-state index in [0.29, 0.717) is 5.67 Å². The van der Waals surface area contributed by atoms with Crippen molar-refractivity contribution in [1.82, 2.24) is 4.90 Å². The molecule has 0 aliphatic carbocycles. The minimum absolute atomic E-state index is 0.214. The van der Waals surface area contributed by atoms with Crippen molar-refractivity contribution in [2.45, 2.75) is 45.4 Å². The second-order valence-corrected chi connectivity index (χ2v) is 5.68. The van der Waals surface area contributed by atoms with Crippen molar-refractivity contribution < 1.29 is 9.53 Å². The monoisotopic (exact) mass is 203 g/mol. The van der Waals surface area contributed by atoms with Crippen molar-refractivity contribution >= 4 is 16.3 Å². The van der Waals surface area contributed by atoms with Crippen LogP contribution < -0.4 is 0 Å². The Labute approximate surface area is 83.9 Å². The first-order valence-corrected chi connectivity index (χ1v) is 5.89. The molecule has 3 nitrogen and oxygen atoms in total. The summed E-state index contributed by atoms with van der Waals surface area (Å²) in [6.07, 6.45) is 0.788. The largest absolute Gasteiger partial charge is 0.444 e. The van der Waals surface area contributed by atoms with Gasteiger partial charge in [-0.1, -0.05) is 6.92 Å². The van der Waals surface area contributed by atoms with Crippen LogP contribution in [0.3, 0.4) is 0 Å². The predicted molar refractivity (Wildman–Crippen MR) is 58.0 cm³/mol. The van der Waals surface area contributed by atoms with Gasteiger partial charge in [-0.15, -0.1) is 0 Å². The molecule has 0 aliphatic heterocycles. The van der Waals surface area contributed by atoms with E-state index in [1.165, 1.54) is 0 Å². The average Bonchev–Trinajstić information content (AvgIpc) is 1.98. The van der Waals surface area contributed by atoms with E-state index in [2.05, 4.69) is 6.92 Å². The van der Waals surface area contributed by atoms with Crippen LogP contribution in [0.2, 0.25) is 0 Å². The molecule has 0 N–H and O–H groups in total. The van der Waals surface area contributed by atoms with Crippen LogP contribution >= 0.6 is 0 Å². The first kappa shape index (κ1) is 12.5. The van der Waals surface area contributed by atoms with Crippen LogP contribution in [0.1, 0.15) is 34.1 Å². The third kappa shape index (κ3) is 4.93. The summed E-state index contributed by atoms with van der Waals surface area (Å²) < 4.78 is 5.23. The smallest absolute Gasteiger partial charge is 0.409 e. The third-order valence-corrected chi connectivity index (χ3v) is 3.52. The van der Waals surface area contributed by atoms with Gasteiger partial charge in [-0.2, -0.15) is 0 Å². The third-order valence-electron chi connectivity index (χ3n) is 1.93. The van der Waals surface area contributed by atoms with E-state index in [1.54, 1.807) is 11.9 Å². The molecule has 0 saturated carbocycles. The molecule has 0 radical (unpaired) electrons. The summed E-state index contributed by atoms with van der Waals surface area (Å²) in [5.74, 6) is 0. The molecule has 1 unspecified atom stereocenters. The maximum absolute atomic E-state index is 11.5. The van der Waals surface area contributed by atoms with Gasteiger partial charge in [-0.05, 0) is 27.2 Å². The van der Waals surface area contributed by atoms with E-state index in [1.807, 2.05) is 20.8 Å². The molecule has 0 heterocycles. The summed E-state index contributed by atoms with van der Waals surface area (Å²) in [5.41, 5.74) is -0.0183. The standard InChI is InChI=1S/C9H21NO2Si/c1-6-7(13)10(5)8(11)12-9(2,3)4/h7H,6H2,1-5,13H3. The zero-order valence-electron chi connectivity index (χ0n) is 9.55. The van der Waals surface area contributed by atoms with E-state index in [9.17, 15) is 4.79 Å². The fourth-order valence-corrected chi connectivity index (χ4v) is 0.999. The quantitative estimate of drug-likeness (QED) is 0.626. The Morgan fingerprint density at radius 2 is 2.00 bits per heavy atom. The van der Waals surface area contributed by atoms with Gasteiger partial charge in [0, 0.05) is 23.0 Å². The minimum atomic E-state index is -0.389. The van der Waals surface area contributed by atoms with Crippen LogP contribution in [0.25, 0.3) is 0 Å². The summed E-state index contributed by atoms with van der Waals surface area (Å²) in [6, 6.07) is 0. The minimum Gasteiger partial charge on any atom is -0.444 e. The van der Waals surface area contributed by atoms with E-state index in [0.717, 1.165) is 16.7 Å². The Morgan fingerprint density at radius 3 is 2.31 bits per heavy atom. The summed E-state index contributed by atoms with van der Waals surface area (Å²) in [5, 5.41) is 0. The van der Waals surface area contributed by atoms with Crippen LogP contribution in [0, 0.1) is 0 Å². The summed E-state index contributed by atoms with van der Waals surface area (Å²) in [4.78, 5) is 13.2. The van der Waals surface area contributed by atoms with Gasteiger partial charge in [0.25, 0.3) is 0 Å². The number of hydrogen-bond acceptors (Lipinski definition) is 2. The number of ether oxygens (including phenoxy) is 1. The van der Waals surface area contributed by atoms with E-state index in [4.69, 9.17) is 4.74 Å². The molecule has 1 atom stereocenters. The van der Waals surface area contributed by atoms with Crippen molar-refractivity contribution in [3.8, 4) is 0 Å². The van der Waals surface area contributed by atoms with Gasteiger partial charge in [-0.3, -0.25) is 0 Å². The second kappa shape index (κ2) is 4.65. The van der Waals surface area contributed by atoms with Gasteiger partial charge in [0.05, 0.1) is 0 Å². The number of amides is 1. The molecule has 0 saturated heterocycles. The van der Waals surface area contributed by atoms with Gasteiger partial charge in [0.2, 0.25) is 0 Å². The number of nitrogens with zero attached hydrogens (tertiary/aromatic N) is 1. The molecule has 0 spiro atoms. The molecular formula is C9H21NO2Si. The van der Waals surface area contributed by atoms with Crippen molar-refractivity contribution in [1.29, 1.82) is 0 Å². The van der Waals surface area contributed by atoms with Crippen molar-refractivity contribution in [3.63, 3.8) is 0 Å². The van der Waals surface area contributed by atoms with Gasteiger partial charge < -0.3 is 9.64 Å². The van der Waals surface area contributed by atoms with E-state index >= 15 is 0 Å². The van der Waals surface area contributed by atoms with E-state index < -0.39 is 0 Å². The zero-order valence-corrected chi connectivity index (χ0v) is 11.5. The Hall–Kier alpha value is -0.513. The molecule has 13 heavy (non-hydrogen) atoms. The lowest BCUT2D eigenvalue weighted by atomic mass is 10.2. The average molecular weight is 203 g/mol. The fraction of sp³-hybridized carbons (Fsp3) is 0.889. The highest BCUT2D eigenvalue weighted by atomic mass is 28.1. The SMILES string of the molecule is CCC([SiH3])N(C)C(=O)OC(C)(C)C. The van der Waals surface area contributed by atoms with Gasteiger partial charge in [0.1, 0.15) is 5.60 Å². The van der Waals surface area contributed by atoms with Crippen molar-refractivity contribution in [3.05, 3.63) is 0 Å². The first-order valence-electron chi connectivity index (χ1n) is 4.73. The number of carbonyl (C=O) groups excluding carboxylic acids is 1. The Bertz CT molecular complexity index is 177. The zero-order chi connectivity index (χ0) is 10.6. The lowest BCUT2D eigenvalue weighted by Crippen LogP contribution is -2.40. The molecule has 1 amide bonds. The summed E-state index contributed by atoms with van der Waals surface area (Å²) >= 11 is 0. The number of carbonyl (C=O) groups is 1. The summed E-state index contributed by atoms with van der Waals surface area (Å²) in [6.45, 7) is 7.73. The van der Waals surface area contributed by atoms with Gasteiger partial charge in [-0.25, -0.2) is 4.79 Å². The lowest BCUT2D eigenvalue weighted by molar-refractivity contribution is 0.0273. The first-order chi connectivity index (χ1) is 5.78. The molecule has 0 rings (SSSR count). The van der Waals surface area contributed by atoms with Gasteiger partial charge >= 0.3 is 6.09 Å². The van der Waals surface area contributed by atoms with Crippen molar-refractivity contribution in [2.75, 3.05) is 7.05 Å². The van der Waals surface area contributed by atoms with E-state index in [-0.39, 0.29) is 11.7 Å². The molecule has 78 valence electrons. The maximum atomic E-state index is 11.5. The molecule has 0 aliphatic rings. The maximum Gasteiger partial charge on any atom is 0.409 e. The van der Waals surface area contributed by atoms with Crippen LogP contribution in [-0.4, -0.2) is 39.5 Å². The number of rotatable bonds is 2. The Morgan fingerprint density at radius 1 is 1.54 bits per heavy atom. The topological polar surface area (TPSA) is 29.5 Å². The molecule has 4 heteroatoms. The summed E-state index contributed by atoms with van der Waals surface area (Å²) in [7, 11) is 2.79. The van der Waals surface area contributed by atoms with Crippen molar-refractivity contribution in [2.24, 2.45) is 0 Å². The Balaban J connectivity index is 4.12. The molecule has 0 fully saturated rings. The van der Waals surface area contributed by atoms with Crippen LogP contribution in [0.5, 0.6) is 0 Å². The van der Waals surface area contributed by atoms with Crippen LogP contribution in [-0.2, 0) is 4.74 Å². The highest BCUT2D eigenvalue weighted by Gasteiger charge is 2.21. The Kier molecular flexibility index (Phi) is 4.46. The molecule has 0 bridgehead atoms. The number of hydrogen-bond donors (Lipinski definition) is 0. The van der Waals surface area contributed by atoms with Crippen LogP contribution in [0.4, 0.5) is 4.79 Å².